The van der Waals surface area contributed by atoms with Crippen LogP contribution in [-0.2, 0) is 4.79 Å². The Morgan fingerprint density at radius 1 is 0.826 bits per heavy atom. The molecule has 0 heterocycles. The van der Waals surface area contributed by atoms with Gasteiger partial charge in [-0.05, 0) is 19.4 Å². The van der Waals surface area contributed by atoms with E-state index in [1.807, 2.05) is 55.1 Å². The average Bonchev–Trinajstić information content (AvgIpc) is 2.63. The summed E-state index contributed by atoms with van der Waals surface area (Å²) in [4.78, 5) is 27.3. The Kier molecular flexibility index (Phi) is 5.87. The molecule has 118 valence electrons. The minimum absolute atomic E-state index is 0.416. The van der Waals surface area contributed by atoms with Crippen molar-refractivity contribution < 1.29 is 9.59 Å². The Hall–Kier alpha value is -2.68. The Morgan fingerprint density at radius 2 is 1.30 bits per heavy atom. The van der Waals surface area contributed by atoms with Crippen LogP contribution in [0.15, 0.2) is 66.9 Å². The topological polar surface area (TPSA) is 37.4 Å². The van der Waals surface area contributed by atoms with Gasteiger partial charge in [0, 0.05) is 30.4 Å². The lowest BCUT2D eigenvalue weighted by Crippen LogP contribution is -2.21. The zero-order valence-electron chi connectivity index (χ0n) is 13.5. The predicted molar refractivity (Wildman–Crippen MR) is 93.1 cm³/mol. The Balaban J connectivity index is 2.41. The summed E-state index contributed by atoms with van der Waals surface area (Å²) >= 11 is 0. The van der Waals surface area contributed by atoms with E-state index in [1.54, 1.807) is 30.5 Å². The van der Waals surface area contributed by atoms with E-state index in [2.05, 4.69) is 0 Å². The summed E-state index contributed by atoms with van der Waals surface area (Å²) in [5.41, 5.74) is 1.61. The van der Waals surface area contributed by atoms with Gasteiger partial charge in [-0.25, -0.2) is 0 Å². The first-order chi connectivity index (χ1) is 11.2. The lowest BCUT2D eigenvalue weighted by Gasteiger charge is -2.18. The molecule has 3 heteroatoms. The zero-order valence-corrected chi connectivity index (χ0v) is 13.5. The van der Waals surface area contributed by atoms with E-state index in [0.717, 1.165) is 18.7 Å². The maximum Gasteiger partial charge on any atom is 0.235 e. The molecule has 0 aliphatic carbocycles. The molecule has 0 amide bonds. The molecule has 0 fully saturated rings. The van der Waals surface area contributed by atoms with Crippen molar-refractivity contribution in [3.63, 3.8) is 0 Å². The summed E-state index contributed by atoms with van der Waals surface area (Å²) in [6.07, 6.45) is 1.79. The quantitative estimate of drug-likeness (QED) is 0.443. The lowest BCUT2D eigenvalue weighted by atomic mass is 9.96. The van der Waals surface area contributed by atoms with Crippen molar-refractivity contribution in [2.45, 2.75) is 13.8 Å². The van der Waals surface area contributed by atoms with E-state index in [0.29, 0.717) is 11.1 Å². The molecule has 0 saturated carbocycles. The van der Waals surface area contributed by atoms with Crippen LogP contribution in [0.2, 0.25) is 0 Å². The van der Waals surface area contributed by atoms with Gasteiger partial charge in [0.05, 0.1) is 0 Å². The average molecular weight is 307 g/mol. The Bertz CT molecular complexity index is 686. The fourth-order valence-corrected chi connectivity index (χ4v) is 2.31. The van der Waals surface area contributed by atoms with E-state index in [-0.39, 0.29) is 0 Å². The standard InChI is InChI=1S/C20H21NO2/c1-3-21(4-2)15-18(16-11-7-5-8-12-16)20(23)19(22)17-13-9-6-10-14-17/h5-15H,3-4H2,1-2H3/b18-15+. The molecule has 0 bridgehead atoms. The molecule has 2 aromatic carbocycles. The first-order valence-electron chi connectivity index (χ1n) is 7.82. The summed E-state index contributed by atoms with van der Waals surface area (Å²) in [6, 6.07) is 18.0. The van der Waals surface area contributed by atoms with Gasteiger partial charge < -0.3 is 4.90 Å². The molecular formula is C20H21NO2. The van der Waals surface area contributed by atoms with Crippen LogP contribution in [0.25, 0.3) is 5.57 Å². The Labute approximate surface area is 137 Å². The second kappa shape index (κ2) is 8.08. The molecule has 3 nitrogen and oxygen atoms in total. The van der Waals surface area contributed by atoms with Gasteiger partial charge in [0.25, 0.3) is 0 Å². The molecule has 0 aliphatic heterocycles. The molecule has 0 atom stereocenters. The molecular weight excluding hydrogens is 286 g/mol. The smallest absolute Gasteiger partial charge is 0.235 e. The van der Waals surface area contributed by atoms with Gasteiger partial charge in [-0.1, -0.05) is 60.7 Å². The van der Waals surface area contributed by atoms with Crippen LogP contribution in [0, 0.1) is 0 Å². The highest BCUT2D eigenvalue weighted by molar-refractivity contribution is 6.58. The first-order valence-corrected chi connectivity index (χ1v) is 7.82. The molecule has 0 N–H and O–H groups in total. The van der Waals surface area contributed by atoms with Crippen LogP contribution in [0.3, 0.4) is 0 Å². The monoisotopic (exact) mass is 307 g/mol. The molecule has 0 aromatic heterocycles. The van der Waals surface area contributed by atoms with Crippen molar-refractivity contribution in [2.24, 2.45) is 0 Å². The lowest BCUT2D eigenvalue weighted by molar-refractivity contribution is -0.110. The van der Waals surface area contributed by atoms with Crippen molar-refractivity contribution in [3.8, 4) is 0 Å². The van der Waals surface area contributed by atoms with Gasteiger partial charge in [0.1, 0.15) is 0 Å². The van der Waals surface area contributed by atoms with Crippen LogP contribution in [0.4, 0.5) is 0 Å². The van der Waals surface area contributed by atoms with Crippen molar-refractivity contribution in [1.29, 1.82) is 0 Å². The van der Waals surface area contributed by atoms with Crippen LogP contribution in [0.1, 0.15) is 29.8 Å². The van der Waals surface area contributed by atoms with Crippen LogP contribution >= 0.6 is 0 Å². The number of carbonyl (C=O) groups is 2. The van der Waals surface area contributed by atoms with Gasteiger partial charge in [0.15, 0.2) is 0 Å². The van der Waals surface area contributed by atoms with E-state index in [4.69, 9.17) is 0 Å². The highest BCUT2D eigenvalue weighted by Gasteiger charge is 2.22. The summed E-state index contributed by atoms with van der Waals surface area (Å²) in [7, 11) is 0. The molecule has 2 aromatic rings. The summed E-state index contributed by atoms with van der Waals surface area (Å²) < 4.78 is 0. The second-order valence-electron chi connectivity index (χ2n) is 5.15. The fourth-order valence-electron chi connectivity index (χ4n) is 2.31. The molecule has 0 saturated heterocycles. The van der Waals surface area contributed by atoms with Crippen LogP contribution in [-0.4, -0.2) is 29.6 Å². The largest absolute Gasteiger partial charge is 0.377 e. The molecule has 0 radical (unpaired) electrons. The number of nitrogens with zero attached hydrogens (tertiary/aromatic N) is 1. The SMILES string of the molecule is CCN(/C=C(/C(=O)C(=O)c1ccccc1)c1ccccc1)CC. The third-order valence-corrected chi connectivity index (χ3v) is 3.70. The fraction of sp³-hybridized carbons (Fsp3) is 0.200. The molecule has 0 unspecified atom stereocenters. The normalized spacial score (nSPS) is 11.1. The Morgan fingerprint density at radius 3 is 1.78 bits per heavy atom. The van der Waals surface area contributed by atoms with Crippen molar-refractivity contribution in [2.75, 3.05) is 13.1 Å². The predicted octanol–water partition coefficient (Wildman–Crippen LogP) is 3.82. The van der Waals surface area contributed by atoms with E-state index >= 15 is 0 Å². The van der Waals surface area contributed by atoms with Gasteiger partial charge in [-0.15, -0.1) is 0 Å². The maximum absolute atomic E-state index is 12.8. The molecule has 0 spiro atoms. The first kappa shape index (κ1) is 16.7. The van der Waals surface area contributed by atoms with E-state index in [1.165, 1.54) is 0 Å². The summed E-state index contributed by atoms with van der Waals surface area (Å²) in [5, 5.41) is 0. The van der Waals surface area contributed by atoms with Crippen molar-refractivity contribution in [3.05, 3.63) is 78.0 Å². The zero-order chi connectivity index (χ0) is 16.7. The van der Waals surface area contributed by atoms with E-state index < -0.39 is 11.6 Å². The maximum atomic E-state index is 12.8. The minimum Gasteiger partial charge on any atom is -0.377 e. The second-order valence-corrected chi connectivity index (χ2v) is 5.15. The van der Waals surface area contributed by atoms with E-state index in [9.17, 15) is 9.59 Å². The molecule has 2 rings (SSSR count). The van der Waals surface area contributed by atoms with Crippen molar-refractivity contribution in [1.82, 2.24) is 4.90 Å². The molecule has 0 aliphatic rings. The summed E-state index contributed by atoms with van der Waals surface area (Å²) in [5.74, 6) is -0.956. The van der Waals surface area contributed by atoms with Crippen LogP contribution in [0.5, 0.6) is 0 Å². The highest BCUT2D eigenvalue weighted by atomic mass is 16.2. The number of hydrogen-bond acceptors (Lipinski definition) is 3. The number of carbonyl (C=O) groups excluding carboxylic acids is 2. The third-order valence-electron chi connectivity index (χ3n) is 3.70. The van der Waals surface area contributed by atoms with Crippen LogP contribution < -0.4 is 0 Å². The number of ketones is 2. The number of hydrogen-bond donors (Lipinski definition) is 0. The number of allylic oxidation sites excluding steroid dienone is 1. The minimum atomic E-state index is -0.479. The third kappa shape index (κ3) is 4.16. The highest BCUT2D eigenvalue weighted by Crippen LogP contribution is 2.19. The van der Waals surface area contributed by atoms with Gasteiger partial charge >= 0.3 is 0 Å². The summed E-state index contributed by atoms with van der Waals surface area (Å²) in [6.45, 7) is 5.59. The van der Waals surface area contributed by atoms with Gasteiger partial charge in [0.2, 0.25) is 11.6 Å². The number of Topliss-reactive ketones (excluding diaryl/α,β-unsaturated/α-hetero) is 2. The number of rotatable bonds is 7. The van der Waals surface area contributed by atoms with Gasteiger partial charge in [-0.3, -0.25) is 9.59 Å². The van der Waals surface area contributed by atoms with Gasteiger partial charge in [-0.2, -0.15) is 0 Å². The van der Waals surface area contributed by atoms with Crippen molar-refractivity contribution >= 4 is 17.1 Å². The number of benzene rings is 2. The molecule has 23 heavy (non-hydrogen) atoms.